The van der Waals surface area contributed by atoms with E-state index in [9.17, 15) is 4.79 Å². The van der Waals surface area contributed by atoms with Crippen molar-refractivity contribution in [3.63, 3.8) is 0 Å². The van der Waals surface area contributed by atoms with Crippen LogP contribution in [0.15, 0.2) is 16.8 Å². The van der Waals surface area contributed by atoms with Gasteiger partial charge in [0.05, 0.1) is 11.6 Å². The number of hydrogen-bond donors (Lipinski definition) is 1. The number of hydrogen-bond acceptors (Lipinski definition) is 3. The van der Waals surface area contributed by atoms with Gasteiger partial charge in [-0.1, -0.05) is 0 Å². The summed E-state index contributed by atoms with van der Waals surface area (Å²) < 4.78 is 0. The molecule has 1 aromatic heterocycles. The van der Waals surface area contributed by atoms with Crippen LogP contribution < -0.4 is 5.73 Å². The fraction of sp³-hybridized carbons (Fsp3) is 0.143. The summed E-state index contributed by atoms with van der Waals surface area (Å²) in [6, 6.07) is 3.81. The Morgan fingerprint density at radius 2 is 2.36 bits per heavy atom. The molecule has 0 atom stereocenters. The van der Waals surface area contributed by atoms with Crippen LogP contribution in [0.3, 0.4) is 0 Å². The Balaban J connectivity index is 0.000000218. The zero-order valence-corrected chi connectivity index (χ0v) is 6.89. The Bertz CT molecular complexity index is 244. The van der Waals surface area contributed by atoms with E-state index in [0.717, 1.165) is 5.56 Å². The molecule has 3 nitrogen and oxygen atoms in total. The number of nitrogens with zero attached hydrogens (tertiary/aromatic N) is 1. The molecule has 1 rings (SSSR count). The lowest BCUT2D eigenvalue weighted by Crippen LogP contribution is -2.01. The molecule has 0 aliphatic rings. The van der Waals surface area contributed by atoms with E-state index in [0.29, 0.717) is 0 Å². The molecule has 0 aliphatic carbocycles. The van der Waals surface area contributed by atoms with Gasteiger partial charge in [0.15, 0.2) is 0 Å². The standard InChI is InChI=1S/C5H3NS.C2H5NO/c6-3-5-1-2-7-4-5;1-2(3)4/h1-2,4H;1H3,(H2,3,4). The van der Waals surface area contributed by atoms with Crippen molar-refractivity contribution >= 4 is 17.2 Å². The van der Waals surface area contributed by atoms with Crippen molar-refractivity contribution in [3.05, 3.63) is 22.4 Å². The molecule has 2 N–H and O–H groups in total. The van der Waals surface area contributed by atoms with Crippen LogP contribution in [-0.2, 0) is 4.79 Å². The van der Waals surface area contributed by atoms with E-state index in [2.05, 4.69) is 5.73 Å². The highest BCUT2D eigenvalue weighted by atomic mass is 32.1. The second-order valence-electron chi connectivity index (χ2n) is 1.73. The molecule has 0 unspecified atom stereocenters. The predicted molar refractivity (Wildman–Crippen MR) is 43.9 cm³/mol. The average Bonchev–Trinajstić information content (AvgIpc) is 2.36. The van der Waals surface area contributed by atoms with Gasteiger partial charge in [-0.2, -0.15) is 16.6 Å². The van der Waals surface area contributed by atoms with Gasteiger partial charge in [0.25, 0.3) is 0 Å². The highest BCUT2D eigenvalue weighted by Gasteiger charge is 1.82. The monoisotopic (exact) mass is 168 g/mol. The molecule has 0 aliphatic heterocycles. The van der Waals surface area contributed by atoms with Crippen LogP contribution in [0.4, 0.5) is 0 Å². The van der Waals surface area contributed by atoms with Crippen molar-refractivity contribution in [1.82, 2.24) is 0 Å². The van der Waals surface area contributed by atoms with Crippen LogP contribution in [0.25, 0.3) is 0 Å². The first-order valence-electron chi connectivity index (χ1n) is 2.85. The molecule has 1 aromatic rings. The molecule has 58 valence electrons. The summed E-state index contributed by atoms with van der Waals surface area (Å²) >= 11 is 1.54. The van der Waals surface area contributed by atoms with E-state index in [1.54, 1.807) is 17.4 Å². The van der Waals surface area contributed by atoms with E-state index >= 15 is 0 Å². The van der Waals surface area contributed by atoms with Crippen molar-refractivity contribution in [2.24, 2.45) is 5.73 Å². The minimum absolute atomic E-state index is 0.333. The summed E-state index contributed by atoms with van der Waals surface area (Å²) in [5.74, 6) is -0.333. The number of amides is 1. The molecule has 0 saturated heterocycles. The largest absolute Gasteiger partial charge is 0.370 e. The number of rotatable bonds is 0. The van der Waals surface area contributed by atoms with Crippen molar-refractivity contribution < 1.29 is 4.79 Å². The van der Waals surface area contributed by atoms with Crippen LogP contribution in [0.5, 0.6) is 0 Å². The summed E-state index contributed by atoms with van der Waals surface area (Å²) in [5, 5.41) is 11.9. The molecule has 0 spiro atoms. The number of carbonyl (C=O) groups excluding carboxylic acids is 1. The molecule has 0 saturated carbocycles. The second-order valence-corrected chi connectivity index (χ2v) is 2.51. The van der Waals surface area contributed by atoms with Gasteiger partial charge >= 0.3 is 0 Å². The average molecular weight is 168 g/mol. The minimum Gasteiger partial charge on any atom is -0.370 e. The Labute approximate surface area is 69.1 Å². The van der Waals surface area contributed by atoms with Gasteiger partial charge in [-0.05, 0) is 11.4 Å². The summed E-state index contributed by atoms with van der Waals surface area (Å²) in [4.78, 5) is 9.22. The highest BCUT2D eigenvalue weighted by Crippen LogP contribution is 2.02. The molecule has 1 amide bonds. The fourth-order valence-electron chi connectivity index (χ4n) is 0.328. The Hall–Kier alpha value is -1.34. The number of nitriles is 1. The molecular formula is C7H8N2OS. The SMILES string of the molecule is CC(N)=O.N#Cc1ccsc1. The lowest BCUT2D eigenvalue weighted by molar-refractivity contribution is -0.115. The maximum atomic E-state index is 9.22. The van der Waals surface area contributed by atoms with Crippen molar-refractivity contribution in [1.29, 1.82) is 5.26 Å². The van der Waals surface area contributed by atoms with E-state index in [1.807, 2.05) is 16.8 Å². The number of primary amides is 1. The third-order valence-electron chi connectivity index (χ3n) is 0.650. The maximum Gasteiger partial charge on any atom is 0.214 e. The van der Waals surface area contributed by atoms with Crippen LogP contribution in [0.2, 0.25) is 0 Å². The van der Waals surface area contributed by atoms with Crippen LogP contribution in [0.1, 0.15) is 12.5 Å². The van der Waals surface area contributed by atoms with Gasteiger partial charge in [-0.15, -0.1) is 0 Å². The van der Waals surface area contributed by atoms with Gasteiger partial charge < -0.3 is 5.73 Å². The number of nitrogens with two attached hydrogens (primary N) is 1. The lowest BCUT2D eigenvalue weighted by atomic mass is 10.4. The van der Waals surface area contributed by atoms with Crippen molar-refractivity contribution in [2.75, 3.05) is 0 Å². The Morgan fingerprint density at radius 1 is 1.82 bits per heavy atom. The predicted octanol–water partition coefficient (Wildman–Crippen LogP) is 1.11. The summed E-state index contributed by atoms with van der Waals surface area (Å²) in [7, 11) is 0. The highest BCUT2D eigenvalue weighted by molar-refractivity contribution is 7.08. The third kappa shape index (κ3) is 6.55. The first-order valence-corrected chi connectivity index (χ1v) is 3.79. The van der Waals surface area contributed by atoms with Gasteiger partial charge in [0.1, 0.15) is 0 Å². The molecular weight excluding hydrogens is 160 g/mol. The molecule has 11 heavy (non-hydrogen) atoms. The first-order chi connectivity index (χ1) is 5.16. The van der Waals surface area contributed by atoms with Gasteiger partial charge in [0.2, 0.25) is 5.91 Å². The van der Waals surface area contributed by atoms with E-state index in [-0.39, 0.29) is 5.91 Å². The zero-order chi connectivity index (χ0) is 8.69. The van der Waals surface area contributed by atoms with Crippen molar-refractivity contribution in [3.8, 4) is 6.07 Å². The number of thiophene rings is 1. The van der Waals surface area contributed by atoms with E-state index in [1.165, 1.54) is 6.92 Å². The van der Waals surface area contributed by atoms with Gasteiger partial charge in [-0.25, -0.2) is 0 Å². The first kappa shape index (κ1) is 9.66. The van der Waals surface area contributed by atoms with E-state index in [4.69, 9.17) is 5.26 Å². The summed E-state index contributed by atoms with van der Waals surface area (Å²) in [6.07, 6.45) is 0. The number of carbonyl (C=O) groups is 1. The second kappa shape index (κ2) is 5.45. The lowest BCUT2D eigenvalue weighted by Gasteiger charge is -1.62. The molecule has 0 radical (unpaired) electrons. The fourth-order valence-corrected chi connectivity index (χ4v) is 0.910. The summed E-state index contributed by atoms with van der Waals surface area (Å²) in [6.45, 7) is 1.31. The molecule has 0 fully saturated rings. The van der Waals surface area contributed by atoms with Gasteiger partial charge in [-0.3, -0.25) is 4.79 Å². The topological polar surface area (TPSA) is 66.9 Å². The van der Waals surface area contributed by atoms with Gasteiger partial charge in [0, 0.05) is 12.3 Å². The zero-order valence-electron chi connectivity index (χ0n) is 6.07. The molecule has 1 heterocycles. The Kier molecular flexibility index (Phi) is 4.78. The quantitative estimate of drug-likeness (QED) is 0.630. The smallest absolute Gasteiger partial charge is 0.214 e. The Morgan fingerprint density at radius 3 is 2.55 bits per heavy atom. The minimum atomic E-state index is -0.333. The third-order valence-corrected chi connectivity index (χ3v) is 1.33. The maximum absolute atomic E-state index is 9.22. The normalized spacial score (nSPS) is 7.27. The van der Waals surface area contributed by atoms with Crippen molar-refractivity contribution in [2.45, 2.75) is 6.92 Å². The summed E-state index contributed by atoms with van der Waals surface area (Å²) in [5.41, 5.74) is 5.23. The van der Waals surface area contributed by atoms with Crippen LogP contribution in [0, 0.1) is 11.3 Å². The van der Waals surface area contributed by atoms with Crippen LogP contribution >= 0.6 is 11.3 Å². The molecule has 0 aromatic carbocycles. The van der Waals surface area contributed by atoms with E-state index < -0.39 is 0 Å². The molecule has 0 bridgehead atoms. The molecule has 4 heteroatoms. The van der Waals surface area contributed by atoms with Crippen LogP contribution in [-0.4, -0.2) is 5.91 Å².